The van der Waals surface area contributed by atoms with Crippen LogP contribution in [0.3, 0.4) is 0 Å². The lowest BCUT2D eigenvalue weighted by Gasteiger charge is -2.24. The molecule has 4 atom stereocenters. The molecule has 0 N–H and O–H groups in total. The summed E-state index contributed by atoms with van der Waals surface area (Å²) in [5.41, 5.74) is 2.03. The molecule has 1 saturated carbocycles. The standard InChI is InChI=1S/C23H22O4/c1-14-5-3-7-18(11-14)26-22(24)20-16-9-10-17(13-16)21(20)23(25)27-19-8-4-6-15(2)12-19/h3-12,16-17,20-21H,13H2,1-2H3. The normalized spacial score (nSPS) is 25.4. The van der Waals surface area contributed by atoms with E-state index in [9.17, 15) is 9.59 Å². The van der Waals surface area contributed by atoms with Gasteiger partial charge in [0.15, 0.2) is 0 Å². The maximum atomic E-state index is 12.9. The van der Waals surface area contributed by atoms with Crippen LogP contribution >= 0.6 is 0 Å². The zero-order valence-electron chi connectivity index (χ0n) is 15.4. The maximum Gasteiger partial charge on any atom is 0.315 e. The van der Waals surface area contributed by atoms with E-state index in [1.54, 1.807) is 12.1 Å². The average molecular weight is 362 g/mol. The van der Waals surface area contributed by atoms with Crippen LogP contribution in [0.2, 0.25) is 0 Å². The highest BCUT2D eigenvalue weighted by Crippen LogP contribution is 2.49. The van der Waals surface area contributed by atoms with Crippen LogP contribution in [0.5, 0.6) is 11.5 Å². The molecule has 0 amide bonds. The molecule has 1 fully saturated rings. The summed E-state index contributed by atoms with van der Waals surface area (Å²) in [5.74, 6) is -0.636. The molecule has 2 aromatic carbocycles. The molecule has 2 aliphatic carbocycles. The molecule has 0 heterocycles. The SMILES string of the molecule is Cc1cccc(OC(=O)C2C3C=CC(C3)C2C(=O)Oc2cccc(C)c2)c1. The number of ether oxygens (including phenoxy) is 2. The molecule has 0 saturated heterocycles. The first-order valence-electron chi connectivity index (χ1n) is 9.26. The molecule has 0 radical (unpaired) electrons. The van der Waals surface area contributed by atoms with Crippen molar-refractivity contribution in [3.05, 3.63) is 71.8 Å². The Balaban J connectivity index is 1.53. The number of hydrogen-bond donors (Lipinski definition) is 0. The number of rotatable bonds is 4. The van der Waals surface area contributed by atoms with Crippen molar-refractivity contribution in [1.82, 2.24) is 0 Å². The van der Waals surface area contributed by atoms with E-state index in [0.717, 1.165) is 17.5 Å². The van der Waals surface area contributed by atoms with E-state index < -0.39 is 11.8 Å². The zero-order valence-corrected chi connectivity index (χ0v) is 15.4. The second kappa shape index (κ2) is 7.03. The van der Waals surface area contributed by atoms with Crippen LogP contribution in [0.15, 0.2) is 60.7 Å². The summed E-state index contributed by atoms with van der Waals surface area (Å²) in [7, 11) is 0. The Hall–Kier alpha value is -2.88. The van der Waals surface area contributed by atoms with E-state index in [0.29, 0.717) is 11.5 Å². The molecule has 2 bridgehead atoms. The van der Waals surface area contributed by atoms with E-state index in [1.807, 2.05) is 62.4 Å². The van der Waals surface area contributed by atoms with Crippen LogP contribution in [-0.4, -0.2) is 11.9 Å². The summed E-state index contributed by atoms with van der Waals surface area (Å²) in [4.78, 5) is 25.7. The molecule has 138 valence electrons. The van der Waals surface area contributed by atoms with Gasteiger partial charge < -0.3 is 9.47 Å². The maximum absolute atomic E-state index is 12.9. The van der Waals surface area contributed by atoms with Crippen molar-refractivity contribution in [3.63, 3.8) is 0 Å². The van der Waals surface area contributed by atoms with Gasteiger partial charge in [0.1, 0.15) is 11.5 Å². The summed E-state index contributed by atoms with van der Waals surface area (Å²) >= 11 is 0. The van der Waals surface area contributed by atoms with Gasteiger partial charge in [-0.15, -0.1) is 0 Å². The topological polar surface area (TPSA) is 52.6 Å². The van der Waals surface area contributed by atoms with Gasteiger partial charge in [0, 0.05) is 0 Å². The Bertz CT molecular complexity index is 841. The fraction of sp³-hybridized carbons (Fsp3) is 0.304. The van der Waals surface area contributed by atoms with Crippen LogP contribution in [0, 0.1) is 37.5 Å². The quantitative estimate of drug-likeness (QED) is 0.463. The number of fused-ring (bicyclic) bond motifs is 2. The second-order valence-corrected chi connectivity index (χ2v) is 7.48. The lowest BCUT2D eigenvalue weighted by atomic mass is 9.83. The Labute approximate surface area is 158 Å². The lowest BCUT2D eigenvalue weighted by Crippen LogP contribution is -2.37. The fourth-order valence-corrected chi connectivity index (χ4v) is 4.19. The van der Waals surface area contributed by atoms with Gasteiger partial charge in [-0.2, -0.15) is 0 Å². The first-order valence-corrected chi connectivity index (χ1v) is 9.26. The van der Waals surface area contributed by atoms with Crippen molar-refractivity contribution in [2.75, 3.05) is 0 Å². The van der Waals surface area contributed by atoms with Crippen molar-refractivity contribution in [3.8, 4) is 11.5 Å². The third kappa shape index (κ3) is 3.52. The van der Waals surface area contributed by atoms with Crippen LogP contribution in [0.4, 0.5) is 0 Å². The van der Waals surface area contributed by atoms with E-state index in [2.05, 4.69) is 0 Å². The molecule has 27 heavy (non-hydrogen) atoms. The van der Waals surface area contributed by atoms with Crippen LogP contribution < -0.4 is 9.47 Å². The van der Waals surface area contributed by atoms with Gasteiger partial charge in [-0.05, 0) is 67.5 Å². The van der Waals surface area contributed by atoms with E-state index in [1.165, 1.54) is 0 Å². The third-order valence-corrected chi connectivity index (χ3v) is 5.42. The average Bonchev–Trinajstić information content (AvgIpc) is 3.23. The van der Waals surface area contributed by atoms with Crippen molar-refractivity contribution in [1.29, 1.82) is 0 Å². The minimum absolute atomic E-state index is 0.0300. The number of allylic oxidation sites excluding steroid dienone is 2. The Morgan fingerprint density at radius 2 is 1.22 bits per heavy atom. The predicted octanol–water partition coefficient (Wildman–Crippen LogP) is 4.25. The van der Waals surface area contributed by atoms with Gasteiger partial charge in [-0.3, -0.25) is 9.59 Å². The molecule has 4 nitrogen and oxygen atoms in total. The highest BCUT2D eigenvalue weighted by Gasteiger charge is 2.53. The largest absolute Gasteiger partial charge is 0.426 e. The molecule has 0 spiro atoms. The van der Waals surface area contributed by atoms with Crippen molar-refractivity contribution < 1.29 is 19.1 Å². The second-order valence-electron chi connectivity index (χ2n) is 7.48. The summed E-state index contributed by atoms with van der Waals surface area (Å²) in [6.45, 7) is 3.89. The van der Waals surface area contributed by atoms with E-state index in [-0.39, 0.29) is 23.8 Å². The minimum Gasteiger partial charge on any atom is -0.426 e. The van der Waals surface area contributed by atoms with Crippen molar-refractivity contribution in [2.45, 2.75) is 20.3 Å². The highest BCUT2D eigenvalue weighted by molar-refractivity contribution is 5.86. The smallest absolute Gasteiger partial charge is 0.315 e. The summed E-state index contributed by atoms with van der Waals surface area (Å²) < 4.78 is 11.2. The van der Waals surface area contributed by atoms with E-state index in [4.69, 9.17) is 9.47 Å². The number of aryl methyl sites for hydroxylation is 2. The summed E-state index contributed by atoms with van der Waals surface area (Å²) in [6, 6.07) is 14.7. The van der Waals surface area contributed by atoms with Crippen LogP contribution in [0.1, 0.15) is 17.5 Å². The summed E-state index contributed by atoms with van der Waals surface area (Å²) in [6.07, 6.45) is 4.85. The van der Waals surface area contributed by atoms with Crippen LogP contribution in [-0.2, 0) is 9.59 Å². The molecule has 4 heteroatoms. The number of benzene rings is 2. The molecule has 4 rings (SSSR count). The van der Waals surface area contributed by atoms with Gasteiger partial charge in [0.05, 0.1) is 11.8 Å². The third-order valence-electron chi connectivity index (χ3n) is 5.42. The summed E-state index contributed by atoms with van der Waals surface area (Å²) in [5, 5.41) is 0. The van der Waals surface area contributed by atoms with Crippen LogP contribution in [0.25, 0.3) is 0 Å². The number of hydrogen-bond acceptors (Lipinski definition) is 4. The Kier molecular flexibility index (Phi) is 4.56. The van der Waals surface area contributed by atoms with E-state index >= 15 is 0 Å². The lowest BCUT2D eigenvalue weighted by molar-refractivity contribution is -0.151. The van der Waals surface area contributed by atoms with Gasteiger partial charge >= 0.3 is 11.9 Å². The highest BCUT2D eigenvalue weighted by atomic mass is 16.5. The number of carbonyl (C=O) groups is 2. The molecule has 2 aromatic rings. The number of carbonyl (C=O) groups excluding carboxylic acids is 2. The molecule has 0 aromatic heterocycles. The van der Waals surface area contributed by atoms with Gasteiger partial charge in [-0.25, -0.2) is 0 Å². The van der Waals surface area contributed by atoms with Crippen molar-refractivity contribution >= 4 is 11.9 Å². The molecular weight excluding hydrogens is 340 g/mol. The first kappa shape index (κ1) is 17.5. The number of esters is 2. The van der Waals surface area contributed by atoms with Crippen molar-refractivity contribution in [2.24, 2.45) is 23.7 Å². The zero-order chi connectivity index (χ0) is 19.0. The first-order chi connectivity index (χ1) is 13.0. The molecular formula is C23H22O4. The minimum atomic E-state index is -0.502. The Morgan fingerprint density at radius 1 is 0.778 bits per heavy atom. The molecule has 4 unspecified atom stereocenters. The Morgan fingerprint density at radius 3 is 1.63 bits per heavy atom. The van der Waals surface area contributed by atoms with Gasteiger partial charge in [0.2, 0.25) is 0 Å². The molecule has 2 aliphatic rings. The monoisotopic (exact) mass is 362 g/mol. The van der Waals surface area contributed by atoms with Gasteiger partial charge in [0.25, 0.3) is 0 Å². The molecule has 0 aliphatic heterocycles. The fourth-order valence-electron chi connectivity index (χ4n) is 4.19. The van der Waals surface area contributed by atoms with Gasteiger partial charge in [-0.1, -0.05) is 36.4 Å². The predicted molar refractivity (Wildman–Crippen MR) is 101 cm³/mol.